The molecule has 0 bridgehead atoms. The third-order valence-electron chi connectivity index (χ3n) is 3.70. The lowest BCUT2D eigenvalue weighted by Gasteiger charge is -2.14. The molecular formula is C16H23FN4O2. The fourth-order valence-electron chi connectivity index (χ4n) is 2.41. The van der Waals surface area contributed by atoms with Gasteiger partial charge in [0.05, 0.1) is 30.1 Å². The number of aliphatic hydroxyl groups is 1. The zero-order valence-electron chi connectivity index (χ0n) is 13.7. The summed E-state index contributed by atoms with van der Waals surface area (Å²) in [5.41, 5.74) is 2.50. The van der Waals surface area contributed by atoms with E-state index in [1.54, 1.807) is 23.9 Å². The molecule has 0 saturated heterocycles. The highest BCUT2D eigenvalue weighted by Crippen LogP contribution is 2.18. The Balaban J connectivity index is 1.99. The van der Waals surface area contributed by atoms with Crippen LogP contribution in [0.2, 0.25) is 0 Å². The summed E-state index contributed by atoms with van der Waals surface area (Å²) >= 11 is 0. The van der Waals surface area contributed by atoms with E-state index in [1.165, 1.54) is 12.1 Å². The van der Waals surface area contributed by atoms with Gasteiger partial charge < -0.3 is 15.2 Å². The molecule has 1 aromatic heterocycles. The number of nitrogens with zero attached hydrogens (tertiary/aromatic N) is 3. The molecule has 0 amide bonds. The number of aromatic nitrogens is 3. The van der Waals surface area contributed by atoms with Gasteiger partial charge >= 0.3 is 0 Å². The Bertz CT molecular complexity index is 615. The van der Waals surface area contributed by atoms with Crippen LogP contribution in [-0.4, -0.2) is 46.5 Å². The van der Waals surface area contributed by atoms with Gasteiger partial charge in [-0.15, -0.1) is 5.10 Å². The van der Waals surface area contributed by atoms with E-state index in [2.05, 4.69) is 15.6 Å². The molecule has 1 aromatic carbocycles. The molecule has 0 spiro atoms. The van der Waals surface area contributed by atoms with Crippen molar-refractivity contribution in [2.24, 2.45) is 0 Å². The number of benzene rings is 1. The Morgan fingerprint density at radius 1 is 1.35 bits per heavy atom. The van der Waals surface area contributed by atoms with E-state index >= 15 is 0 Å². The Hall–Kier alpha value is -1.83. The first-order valence-electron chi connectivity index (χ1n) is 7.61. The van der Waals surface area contributed by atoms with Crippen LogP contribution >= 0.6 is 0 Å². The average molecular weight is 322 g/mol. The van der Waals surface area contributed by atoms with Crippen LogP contribution in [0.3, 0.4) is 0 Å². The Morgan fingerprint density at radius 2 is 2.04 bits per heavy atom. The second kappa shape index (κ2) is 8.14. The maximum Gasteiger partial charge on any atom is 0.123 e. The largest absolute Gasteiger partial charge is 0.391 e. The number of ether oxygens (including phenoxy) is 1. The molecular weight excluding hydrogens is 299 g/mol. The molecule has 0 aliphatic heterocycles. The number of rotatable bonds is 8. The summed E-state index contributed by atoms with van der Waals surface area (Å²) in [6.07, 6.45) is 0.124. The number of methoxy groups -OCH3 is 1. The van der Waals surface area contributed by atoms with Gasteiger partial charge in [0.25, 0.3) is 0 Å². The Kier molecular flexibility index (Phi) is 6.20. The van der Waals surface area contributed by atoms with Gasteiger partial charge in [-0.2, -0.15) is 0 Å². The van der Waals surface area contributed by atoms with Crippen LogP contribution in [0.5, 0.6) is 0 Å². The van der Waals surface area contributed by atoms with Crippen molar-refractivity contribution < 1.29 is 14.2 Å². The van der Waals surface area contributed by atoms with E-state index in [4.69, 9.17) is 4.74 Å². The third-order valence-corrected chi connectivity index (χ3v) is 3.70. The van der Waals surface area contributed by atoms with E-state index in [0.29, 0.717) is 19.6 Å². The van der Waals surface area contributed by atoms with Gasteiger partial charge in [0.2, 0.25) is 0 Å². The first-order chi connectivity index (χ1) is 11.0. The minimum Gasteiger partial charge on any atom is -0.391 e. The molecule has 0 radical (unpaired) electrons. The minimum atomic E-state index is -0.476. The fraction of sp³-hybridized carbons (Fsp3) is 0.500. The summed E-state index contributed by atoms with van der Waals surface area (Å²) in [4.78, 5) is 0. The number of hydrogen-bond donors (Lipinski definition) is 2. The lowest BCUT2D eigenvalue weighted by molar-refractivity contribution is 0.0590. The summed E-state index contributed by atoms with van der Waals surface area (Å²) < 4.78 is 19.6. The summed E-state index contributed by atoms with van der Waals surface area (Å²) in [6.45, 7) is 4.90. The van der Waals surface area contributed by atoms with Crippen molar-refractivity contribution in [3.63, 3.8) is 0 Å². The second-order valence-corrected chi connectivity index (χ2v) is 5.52. The molecule has 0 aliphatic carbocycles. The molecule has 0 fully saturated rings. The number of halogens is 1. The predicted molar refractivity (Wildman–Crippen MR) is 85.0 cm³/mol. The molecule has 2 atom stereocenters. The second-order valence-electron chi connectivity index (χ2n) is 5.52. The lowest BCUT2D eigenvalue weighted by Crippen LogP contribution is -2.26. The molecule has 0 aliphatic rings. The molecule has 23 heavy (non-hydrogen) atoms. The smallest absolute Gasteiger partial charge is 0.123 e. The van der Waals surface area contributed by atoms with E-state index in [-0.39, 0.29) is 11.9 Å². The van der Waals surface area contributed by atoms with Gasteiger partial charge in [-0.05, 0) is 51.1 Å². The maximum absolute atomic E-state index is 13.0. The van der Waals surface area contributed by atoms with Crippen molar-refractivity contribution in [2.75, 3.05) is 20.3 Å². The van der Waals surface area contributed by atoms with Crippen LogP contribution in [0, 0.1) is 12.7 Å². The standard InChI is InChI=1S/C16H23FN4O2/c1-11(18-9-8-15(22)10-23-3)16-12(2)21(20-19-16)14-6-4-13(17)5-7-14/h4-7,11,15,18,22H,8-10H2,1-3H3. The summed E-state index contributed by atoms with van der Waals surface area (Å²) in [7, 11) is 1.57. The predicted octanol–water partition coefficient (Wildman–Crippen LogP) is 1.76. The van der Waals surface area contributed by atoms with Crippen LogP contribution in [-0.2, 0) is 4.74 Å². The molecule has 2 rings (SSSR count). The van der Waals surface area contributed by atoms with Gasteiger partial charge in [-0.3, -0.25) is 0 Å². The highest BCUT2D eigenvalue weighted by molar-refractivity contribution is 5.33. The average Bonchev–Trinajstić information content (AvgIpc) is 2.90. The molecule has 2 N–H and O–H groups in total. The van der Waals surface area contributed by atoms with E-state index < -0.39 is 6.10 Å². The maximum atomic E-state index is 13.0. The van der Waals surface area contributed by atoms with E-state index in [9.17, 15) is 9.50 Å². The van der Waals surface area contributed by atoms with Crippen molar-refractivity contribution in [2.45, 2.75) is 32.4 Å². The van der Waals surface area contributed by atoms with Gasteiger partial charge in [-0.1, -0.05) is 5.21 Å². The highest BCUT2D eigenvalue weighted by Gasteiger charge is 2.16. The summed E-state index contributed by atoms with van der Waals surface area (Å²) in [5.74, 6) is -0.281. The summed E-state index contributed by atoms with van der Waals surface area (Å²) in [6, 6.07) is 6.13. The van der Waals surface area contributed by atoms with Crippen LogP contribution in [0.1, 0.15) is 30.8 Å². The van der Waals surface area contributed by atoms with Gasteiger partial charge in [-0.25, -0.2) is 9.07 Å². The molecule has 126 valence electrons. The van der Waals surface area contributed by atoms with Crippen molar-refractivity contribution in [1.29, 1.82) is 0 Å². The van der Waals surface area contributed by atoms with Gasteiger partial charge in [0.1, 0.15) is 11.5 Å². The lowest BCUT2D eigenvalue weighted by atomic mass is 10.2. The number of aliphatic hydroxyl groups excluding tert-OH is 1. The van der Waals surface area contributed by atoms with Crippen molar-refractivity contribution in [3.8, 4) is 5.69 Å². The van der Waals surface area contributed by atoms with Crippen LogP contribution < -0.4 is 5.32 Å². The molecule has 0 saturated carbocycles. The normalized spacial score (nSPS) is 14.0. The highest BCUT2D eigenvalue weighted by atomic mass is 19.1. The molecule has 2 aromatic rings. The molecule has 6 nitrogen and oxygen atoms in total. The number of nitrogens with one attached hydrogen (secondary N) is 1. The SMILES string of the molecule is COCC(O)CCNC(C)c1nnn(-c2ccc(F)cc2)c1C. The van der Waals surface area contributed by atoms with Gasteiger partial charge in [0, 0.05) is 7.11 Å². The summed E-state index contributed by atoms with van der Waals surface area (Å²) in [5, 5.41) is 21.3. The first kappa shape index (κ1) is 17.5. The quantitative estimate of drug-likeness (QED) is 0.775. The van der Waals surface area contributed by atoms with E-state index in [0.717, 1.165) is 17.1 Å². The minimum absolute atomic E-state index is 0.000978. The molecule has 1 heterocycles. The monoisotopic (exact) mass is 322 g/mol. The van der Waals surface area contributed by atoms with Crippen molar-refractivity contribution in [1.82, 2.24) is 20.3 Å². The van der Waals surface area contributed by atoms with Gasteiger partial charge in [0.15, 0.2) is 0 Å². The van der Waals surface area contributed by atoms with Crippen molar-refractivity contribution >= 4 is 0 Å². The number of hydrogen-bond acceptors (Lipinski definition) is 5. The topological polar surface area (TPSA) is 72.2 Å². The van der Waals surface area contributed by atoms with Crippen LogP contribution in [0.4, 0.5) is 4.39 Å². The first-order valence-corrected chi connectivity index (χ1v) is 7.61. The van der Waals surface area contributed by atoms with Crippen LogP contribution in [0.25, 0.3) is 5.69 Å². The van der Waals surface area contributed by atoms with Crippen LogP contribution in [0.15, 0.2) is 24.3 Å². The Morgan fingerprint density at radius 3 is 2.70 bits per heavy atom. The van der Waals surface area contributed by atoms with Crippen molar-refractivity contribution in [3.05, 3.63) is 41.5 Å². The zero-order valence-corrected chi connectivity index (χ0v) is 13.7. The zero-order chi connectivity index (χ0) is 16.8. The Labute approximate surface area is 135 Å². The third kappa shape index (κ3) is 4.57. The fourth-order valence-corrected chi connectivity index (χ4v) is 2.41. The van der Waals surface area contributed by atoms with E-state index in [1.807, 2.05) is 13.8 Å². The molecule has 2 unspecified atom stereocenters. The molecule has 7 heteroatoms.